The molecule has 0 radical (unpaired) electrons. The van der Waals surface area contributed by atoms with E-state index in [4.69, 9.17) is 14.2 Å². The number of aliphatic hydroxyl groups is 1. The van der Waals surface area contributed by atoms with Gasteiger partial charge in [0.15, 0.2) is 11.5 Å². The van der Waals surface area contributed by atoms with E-state index in [-0.39, 0.29) is 12.0 Å². The molecule has 7 heteroatoms. The lowest BCUT2D eigenvalue weighted by Crippen LogP contribution is -2.76. The topological polar surface area (TPSA) is 94.1 Å². The van der Waals surface area contributed by atoms with E-state index in [1.54, 1.807) is 12.1 Å². The first-order valence-corrected chi connectivity index (χ1v) is 13.4. The second kappa shape index (κ2) is 8.73. The minimum absolute atomic E-state index is 0.0969. The van der Waals surface area contributed by atoms with Gasteiger partial charge in [-0.3, -0.25) is 4.79 Å². The Bertz CT molecular complexity index is 1150. The monoisotopic (exact) mass is 493 g/mol. The molecule has 2 saturated carbocycles. The summed E-state index contributed by atoms with van der Waals surface area (Å²) in [4.78, 5) is 25.0. The van der Waals surface area contributed by atoms with Crippen LogP contribution in [0.5, 0.6) is 11.5 Å². The fraction of sp³-hybridized carbons (Fsp3) is 0.586. The lowest BCUT2D eigenvalue weighted by atomic mass is 9.49. The normalized spacial score (nSPS) is 34.5. The van der Waals surface area contributed by atoms with Gasteiger partial charge >= 0.3 is 11.9 Å². The predicted octanol–water partition coefficient (Wildman–Crippen LogP) is 3.66. The molecule has 5 atom stereocenters. The van der Waals surface area contributed by atoms with Gasteiger partial charge in [0, 0.05) is 24.6 Å². The number of ether oxygens (including phenoxy) is 3. The summed E-state index contributed by atoms with van der Waals surface area (Å²) in [6.45, 7) is 4.09. The number of nitrogens with one attached hydrogen (secondary N) is 1. The summed E-state index contributed by atoms with van der Waals surface area (Å²) in [5.41, 5.74) is 1.27. The van der Waals surface area contributed by atoms with E-state index >= 15 is 0 Å². The van der Waals surface area contributed by atoms with Crippen LogP contribution in [0.4, 0.5) is 0 Å². The van der Waals surface area contributed by atoms with E-state index in [1.165, 1.54) is 26.2 Å². The van der Waals surface area contributed by atoms with E-state index in [9.17, 15) is 14.7 Å². The fourth-order valence-corrected chi connectivity index (χ4v) is 7.51. The Hall–Kier alpha value is -2.64. The summed E-state index contributed by atoms with van der Waals surface area (Å²) in [5.74, 6) is 0.728. The minimum atomic E-state index is -1.02. The maximum absolute atomic E-state index is 13.0. The Kier molecular flexibility index (Phi) is 5.76. The van der Waals surface area contributed by atoms with Crippen LogP contribution in [0, 0.1) is 5.92 Å². The zero-order valence-corrected chi connectivity index (χ0v) is 21.0. The number of benzene rings is 1. The minimum Gasteiger partial charge on any atom is -0.481 e. The van der Waals surface area contributed by atoms with Gasteiger partial charge in [-0.15, -0.1) is 0 Å². The van der Waals surface area contributed by atoms with Crippen LogP contribution in [0.3, 0.4) is 0 Å². The summed E-state index contributed by atoms with van der Waals surface area (Å²) < 4.78 is 18.2. The van der Waals surface area contributed by atoms with E-state index in [0.717, 1.165) is 29.7 Å². The van der Waals surface area contributed by atoms with Crippen molar-refractivity contribution in [2.75, 3.05) is 6.54 Å². The molecule has 1 saturated heterocycles. The molecule has 6 rings (SSSR count). The molecule has 2 N–H and O–H groups in total. The Morgan fingerprint density at radius 2 is 2.08 bits per heavy atom. The summed E-state index contributed by atoms with van der Waals surface area (Å²) in [5, 5.41) is 15.6. The highest BCUT2D eigenvalue weighted by Crippen LogP contribution is 2.64. The molecule has 192 valence electrons. The molecular weight excluding hydrogens is 458 g/mol. The number of hydrogen-bond acceptors (Lipinski definition) is 7. The number of esters is 2. The highest BCUT2D eigenvalue weighted by molar-refractivity contribution is 5.86. The van der Waals surface area contributed by atoms with Crippen molar-refractivity contribution in [3.8, 4) is 11.5 Å². The molecule has 3 aliphatic carbocycles. The van der Waals surface area contributed by atoms with Crippen molar-refractivity contribution in [3.05, 3.63) is 47.1 Å². The van der Waals surface area contributed by atoms with Crippen molar-refractivity contribution in [1.82, 2.24) is 5.32 Å². The number of carbonyl (C=O) groups is 2. The van der Waals surface area contributed by atoms with Crippen LogP contribution in [0.1, 0.15) is 69.9 Å². The molecule has 3 fully saturated rings. The van der Waals surface area contributed by atoms with E-state index in [1.807, 2.05) is 25.1 Å². The zero-order chi connectivity index (χ0) is 25.1. The average Bonchev–Trinajstić information content (AvgIpc) is 3.14. The maximum Gasteiger partial charge on any atom is 0.336 e. The Balaban J connectivity index is 1.37. The summed E-state index contributed by atoms with van der Waals surface area (Å²) >= 11 is 0. The van der Waals surface area contributed by atoms with Gasteiger partial charge in [0.05, 0.1) is 11.0 Å². The van der Waals surface area contributed by atoms with E-state index in [2.05, 4.69) is 5.32 Å². The first-order valence-electron chi connectivity index (χ1n) is 13.4. The first kappa shape index (κ1) is 23.7. The van der Waals surface area contributed by atoms with E-state index < -0.39 is 29.2 Å². The van der Waals surface area contributed by atoms with Crippen molar-refractivity contribution in [2.45, 2.75) is 94.5 Å². The molecule has 2 aliphatic heterocycles. The van der Waals surface area contributed by atoms with Gasteiger partial charge in [0.1, 0.15) is 12.2 Å². The van der Waals surface area contributed by atoms with Crippen LogP contribution in [0.2, 0.25) is 0 Å². The second-order valence-corrected chi connectivity index (χ2v) is 11.1. The van der Waals surface area contributed by atoms with Gasteiger partial charge in [0.2, 0.25) is 0 Å². The fourth-order valence-electron chi connectivity index (χ4n) is 7.51. The second-order valence-electron chi connectivity index (χ2n) is 11.1. The van der Waals surface area contributed by atoms with Crippen LogP contribution >= 0.6 is 0 Å². The van der Waals surface area contributed by atoms with Crippen molar-refractivity contribution >= 4 is 11.9 Å². The average molecular weight is 494 g/mol. The molecule has 2 heterocycles. The third kappa shape index (κ3) is 3.46. The summed E-state index contributed by atoms with van der Waals surface area (Å²) in [6, 6.07) is 3.70. The Labute approximate surface area is 211 Å². The number of rotatable bonds is 6. The van der Waals surface area contributed by atoms with Gasteiger partial charge in [-0.1, -0.05) is 37.5 Å². The maximum atomic E-state index is 13.0. The standard InChI is InChI=1S/C29H35NO6/c1-3-5-19(14-18-6-4-7-18)15-24(32)35-21-9-8-20-16-23-29(33)11-10-22(34-17(2)31)27-28(29,12-13-30-23)25(20)26(21)36-27/h3,5,8-9,15,18,22-23,27,30,33H,4,6-7,10-14,16H2,1-2H3/b5-3+,19-15-. The van der Waals surface area contributed by atoms with Crippen LogP contribution in [0.15, 0.2) is 35.9 Å². The molecule has 5 unspecified atom stereocenters. The lowest BCUT2D eigenvalue weighted by molar-refractivity contribution is -0.194. The van der Waals surface area contributed by atoms with Crippen LogP contribution in [-0.2, 0) is 26.2 Å². The number of allylic oxidation sites excluding steroid dienone is 3. The van der Waals surface area contributed by atoms with Crippen molar-refractivity contribution in [1.29, 1.82) is 0 Å². The highest BCUT2D eigenvalue weighted by atomic mass is 16.6. The van der Waals surface area contributed by atoms with Crippen molar-refractivity contribution in [2.24, 2.45) is 5.92 Å². The number of hydrogen-bond donors (Lipinski definition) is 2. The number of piperidine rings is 1. The first-order chi connectivity index (χ1) is 17.4. The number of carbonyl (C=O) groups excluding carboxylic acids is 2. The van der Waals surface area contributed by atoms with Gasteiger partial charge in [0.25, 0.3) is 0 Å². The van der Waals surface area contributed by atoms with Gasteiger partial charge in [-0.05, 0) is 68.7 Å². The molecular formula is C29H35NO6. The zero-order valence-electron chi connectivity index (χ0n) is 21.0. The quantitative estimate of drug-likeness (QED) is 0.270. The molecule has 2 bridgehead atoms. The SMILES string of the molecule is C/C=C/C(=C/C(=O)Oc1ccc2c3c1OC1C(OC(C)=O)CCC4(O)C(C2)NCCC314)CC1CCC1. The van der Waals surface area contributed by atoms with Gasteiger partial charge in [-0.2, -0.15) is 0 Å². The molecule has 0 aromatic heterocycles. The lowest BCUT2D eigenvalue weighted by Gasteiger charge is -2.61. The predicted molar refractivity (Wildman–Crippen MR) is 133 cm³/mol. The summed E-state index contributed by atoms with van der Waals surface area (Å²) in [7, 11) is 0. The highest BCUT2D eigenvalue weighted by Gasteiger charge is 2.72. The largest absolute Gasteiger partial charge is 0.481 e. The molecule has 1 spiro atoms. The third-order valence-electron chi connectivity index (χ3n) is 9.18. The van der Waals surface area contributed by atoms with Crippen molar-refractivity contribution in [3.63, 3.8) is 0 Å². The molecule has 7 nitrogen and oxygen atoms in total. The molecule has 36 heavy (non-hydrogen) atoms. The van der Waals surface area contributed by atoms with Crippen LogP contribution < -0.4 is 14.8 Å². The molecule has 1 aromatic carbocycles. The molecule has 0 amide bonds. The van der Waals surface area contributed by atoms with Gasteiger partial charge < -0.3 is 24.6 Å². The third-order valence-corrected chi connectivity index (χ3v) is 9.18. The van der Waals surface area contributed by atoms with E-state index in [0.29, 0.717) is 43.1 Å². The molecule has 5 aliphatic rings. The summed E-state index contributed by atoms with van der Waals surface area (Å²) in [6.07, 6.45) is 11.5. The van der Waals surface area contributed by atoms with Gasteiger partial charge in [-0.25, -0.2) is 4.79 Å². The smallest absolute Gasteiger partial charge is 0.336 e. The van der Waals surface area contributed by atoms with Crippen LogP contribution in [0.25, 0.3) is 0 Å². The van der Waals surface area contributed by atoms with Crippen LogP contribution in [-0.4, -0.2) is 47.4 Å². The Morgan fingerprint density at radius 1 is 1.25 bits per heavy atom. The van der Waals surface area contributed by atoms with Crippen molar-refractivity contribution < 1.29 is 28.9 Å². The molecule has 1 aromatic rings. The Morgan fingerprint density at radius 3 is 2.81 bits per heavy atom.